The fourth-order valence-electron chi connectivity index (χ4n) is 4.63. The molecule has 0 saturated carbocycles. The van der Waals surface area contributed by atoms with Crippen LogP contribution in [0.1, 0.15) is 35.1 Å². The van der Waals surface area contributed by atoms with Gasteiger partial charge in [-0.1, -0.05) is 54.3 Å². The summed E-state index contributed by atoms with van der Waals surface area (Å²) in [5, 5.41) is 11.2. The van der Waals surface area contributed by atoms with Crippen molar-refractivity contribution >= 4 is 0 Å². The van der Waals surface area contributed by atoms with E-state index in [2.05, 4.69) is 48.1 Å². The number of hydrogen-bond acceptors (Lipinski definition) is 5. The van der Waals surface area contributed by atoms with Crippen LogP contribution in [0.5, 0.6) is 17.2 Å². The molecule has 194 valence electrons. The van der Waals surface area contributed by atoms with Crippen LogP contribution in [0, 0.1) is 11.8 Å². The molecule has 0 aromatic heterocycles. The lowest BCUT2D eigenvalue weighted by molar-refractivity contribution is 0.0856. The molecule has 0 aliphatic heterocycles. The van der Waals surface area contributed by atoms with Crippen molar-refractivity contribution in [3.63, 3.8) is 0 Å². The van der Waals surface area contributed by atoms with Crippen LogP contribution in [-0.2, 0) is 25.9 Å². The molecule has 0 spiro atoms. The molecule has 0 amide bonds. The summed E-state index contributed by atoms with van der Waals surface area (Å²) in [5.74, 6) is 8.76. The molecule has 4 rings (SSSR count). The highest BCUT2D eigenvalue weighted by atomic mass is 16.5. The van der Waals surface area contributed by atoms with Crippen LogP contribution in [0.3, 0.4) is 0 Å². The quantitative estimate of drug-likeness (QED) is 0.329. The number of hydrogen-bond donors (Lipinski definition) is 1. The predicted molar refractivity (Wildman–Crippen MR) is 147 cm³/mol. The minimum atomic E-state index is -0.981. The first-order valence-corrected chi connectivity index (χ1v) is 12.9. The lowest BCUT2D eigenvalue weighted by Gasteiger charge is -2.20. The molecule has 3 aromatic rings. The molecule has 37 heavy (non-hydrogen) atoms. The van der Waals surface area contributed by atoms with E-state index < -0.39 is 5.60 Å². The Morgan fingerprint density at radius 1 is 0.865 bits per heavy atom. The summed E-state index contributed by atoms with van der Waals surface area (Å²) >= 11 is 0. The number of fused-ring (bicyclic) bond motifs is 1. The first-order chi connectivity index (χ1) is 18.0. The van der Waals surface area contributed by atoms with Crippen LogP contribution in [0.25, 0.3) is 0 Å². The molecule has 0 unspecified atom stereocenters. The van der Waals surface area contributed by atoms with Gasteiger partial charge in [0, 0.05) is 6.54 Å². The van der Waals surface area contributed by atoms with E-state index in [1.165, 1.54) is 16.7 Å². The van der Waals surface area contributed by atoms with Crippen molar-refractivity contribution in [2.75, 3.05) is 34.4 Å². The Morgan fingerprint density at radius 2 is 1.51 bits per heavy atom. The summed E-state index contributed by atoms with van der Waals surface area (Å²) in [6.07, 6.45) is 3.66. The van der Waals surface area contributed by atoms with Crippen molar-refractivity contribution in [3.8, 4) is 29.1 Å². The first kappa shape index (κ1) is 26.6. The van der Waals surface area contributed by atoms with E-state index in [0.717, 1.165) is 48.6 Å². The second-order valence-electron chi connectivity index (χ2n) is 9.72. The van der Waals surface area contributed by atoms with Gasteiger partial charge in [-0.05, 0) is 85.7 Å². The minimum Gasteiger partial charge on any atom is -0.493 e. The molecule has 1 aliphatic carbocycles. The third-order valence-electron chi connectivity index (χ3n) is 6.92. The van der Waals surface area contributed by atoms with E-state index >= 15 is 0 Å². The Kier molecular flexibility index (Phi) is 9.11. The Morgan fingerprint density at radius 3 is 2.16 bits per heavy atom. The first-order valence-electron chi connectivity index (χ1n) is 12.9. The molecule has 0 atom stereocenters. The van der Waals surface area contributed by atoms with E-state index in [4.69, 9.17) is 14.2 Å². The molecular weight excluding hydrogens is 462 g/mol. The third kappa shape index (κ3) is 7.52. The van der Waals surface area contributed by atoms with Crippen molar-refractivity contribution in [3.05, 3.63) is 89.0 Å². The van der Waals surface area contributed by atoms with Gasteiger partial charge in [-0.25, -0.2) is 0 Å². The van der Waals surface area contributed by atoms with Gasteiger partial charge in [-0.15, -0.1) is 0 Å². The smallest absolute Gasteiger partial charge is 0.161 e. The lowest BCUT2D eigenvalue weighted by Crippen LogP contribution is -2.28. The number of aryl methyl sites for hydroxylation is 2. The molecule has 1 aliphatic rings. The van der Waals surface area contributed by atoms with E-state index in [0.29, 0.717) is 26.0 Å². The van der Waals surface area contributed by atoms with E-state index in [1.54, 1.807) is 14.2 Å². The lowest BCUT2D eigenvalue weighted by atomic mass is 9.94. The van der Waals surface area contributed by atoms with Crippen molar-refractivity contribution in [1.82, 2.24) is 4.90 Å². The number of likely N-dealkylation sites (N-methyl/N-ethyl adjacent to an activating group) is 1. The zero-order chi connectivity index (χ0) is 26.1. The van der Waals surface area contributed by atoms with E-state index in [9.17, 15) is 5.11 Å². The number of ether oxygens (including phenoxy) is 3. The molecular formula is C32H37NO4. The second-order valence-corrected chi connectivity index (χ2v) is 9.72. The van der Waals surface area contributed by atoms with Crippen LogP contribution in [0.4, 0.5) is 0 Å². The highest BCUT2D eigenvalue weighted by Gasteiger charge is 2.28. The van der Waals surface area contributed by atoms with Gasteiger partial charge in [0.15, 0.2) is 11.5 Å². The summed E-state index contributed by atoms with van der Waals surface area (Å²) in [6, 6.07) is 22.5. The summed E-state index contributed by atoms with van der Waals surface area (Å²) in [4.78, 5) is 2.19. The normalized spacial score (nSPS) is 14.2. The predicted octanol–water partition coefficient (Wildman–Crippen LogP) is 5.07. The SMILES string of the molecule is COc1cc2c(cc1OC)CCC(O)(C#CCN(C)CCc1cccc(OCc3ccccc3)c1)CC2. The summed E-state index contributed by atoms with van der Waals surface area (Å²) in [6.45, 7) is 2.05. The van der Waals surface area contributed by atoms with Gasteiger partial charge in [0.25, 0.3) is 0 Å². The highest BCUT2D eigenvalue weighted by Crippen LogP contribution is 2.35. The molecule has 0 saturated heterocycles. The van der Waals surface area contributed by atoms with E-state index in [-0.39, 0.29) is 0 Å². The van der Waals surface area contributed by atoms with Crippen LogP contribution < -0.4 is 14.2 Å². The fourth-order valence-corrected chi connectivity index (χ4v) is 4.63. The van der Waals surface area contributed by atoms with Gasteiger partial charge in [0.05, 0.1) is 20.8 Å². The van der Waals surface area contributed by atoms with Gasteiger partial charge < -0.3 is 19.3 Å². The Bertz CT molecular complexity index is 1190. The molecule has 5 heteroatoms. The molecule has 3 aromatic carbocycles. The van der Waals surface area contributed by atoms with Gasteiger partial charge >= 0.3 is 0 Å². The van der Waals surface area contributed by atoms with Gasteiger partial charge in [0.2, 0.25) is 0 Å². The van der Waals surface area contributed by atoms with Crippen LogP contribution in [0.15, 0.2) is 66.7 Å². The van der Waals surface area contributed by atoms with Crippen LogP contribution >= 0.6 is 0 Å². The van der Waals surface area contributed by atoms with Gasteiger partial charge in [0.1, 0.15) is 18.0 Å². The standard InChI is InChI=1S/C32H37NO4/c1-33(20-15-25-11-7-12-29(21-25)37-24-26-9-5-4-6-10-26)19-8-16-32(34)17-13-27-22-30(35-2)31(36-3)23-28(27)14-18-32/h4-7,9-12,21-23,34H,13-15,17-20,24H2,1-3H3. The summed E-state index contributed by atoms with van der Waals surface area (Å²) < 4.78 is 16.9. The summed E-state index contributed by atoms with van der Waals surface area (Å²) in [7, 11) is 5.36. The highest BCUT2D eigenvalue weighted by molar-refractivity contribution is 5.48. The molecule has 5 nitrogen and oxygen atoms in total. The molecule has 0 fully saturated rings. The van der Waals surface area contributed by atoms with Crippen LogP contribution in [-0.4, -0.2) is 50.0 Å². The Labute approximate surface area is 221 Å². The number of benzene rings is 3. The number of aliphatic hydroxyl groups is 1. The zero-order valence-corrected chi connectivity index (χ0v) is 22.1. The average Bonchev–Trinajstić information content (AvgIpc) is 3.09. The maximum absolute atomic E-state index is 11.2. The third-order valence-corrected chi connectivity index (χ3v) is 6.92. The van der Waals surface area contributed by atoms with E-state index in [1.807, 2.05) is 42.5 Å². The Balaban J connectivity index is 1.27. The van der Waals surface area contributed by atoms with Gasteiger partial charge in [-0.2, -0.15) is 0 Å². The fraction of sp³-hybridized carbons (Fsp3) is 0.375. The summed E-state index contributed by atoms with van der Waals surface area (Å²) in [5.41, 5.74) is 3.80. The van der Waals surface area contributed by atoms with Crippen molar-refractivity contribution in [1.29, 1.82) is 0 Å². The number of rotatable bonds is 9. The number of nitrogens with zero attached hydrogens (tertiary/aromatic N) is 1. The maximum Gasteiger partial charge on any atom is 0.161 e. The van der Waals surface area contributed by atoms with Crippen molar-refractivity contribution < 1.29 is 19.3 Å². The minimum absolute atomic E-state index is 0.564. The Hall–Kier alpha value is -3.46. The maximum atomic E-state index is 11.2. The second kappa shape index (κ2) is 12.7. The monoisotopic (exact) mass is 499 g/mol. The zero-order valence-electron chi connectivity index (χ0n) is 22.1. The van der Waals surface area contributed by atoms with Crippen LogP contribution in [0.2, 0.25) is 0 Å². The van der Waals surface area contributed by atoms with Crippen molar-refractivity contribution in [2.24, 2.45) is 0 Å². The average molecular weight is 500 g/mol. The molecule has 0 radical (unpaired) electrons. The molecule has 0 bridgehead atoms. The number of methoxy groups -OCH3 is 2. The van der Waals surface area contributed by atoms with Gasteiger partial charge in [-0.3, -0.25) is 4.90 Å². The molecule has 1 N–H and O–H groups in total. The molecule has 0 heterocycles. The largest absolute Gasteiger partial charge is 0.493 e. The topological polar surface area (TPSA) is 51.2 Å². The van der Waals surface area contributed by atoms with Crippen molar-refractivity contribution in [2.45, 2.75) is 44.3 Å².